The smallest absolute Gasteiger partial charge is 0.822 e. The summed E-state index contributed by atoms with van der Waals surface area (Å²) in [6.07, 6.45) is 0. The summed E-state index contributed by atoms with van der Waals surface area (Å²) in [6, 6.07) is 0. The fourth-order valence-electron chi connectivity index (χ4n) is 0. The summed E-state index contributed by atoms with van der Waals surface area (Å²) in [5, 5.41) is 0. The maximum Gasteiger partial charge on any atom is 3.00 e. The average molecular weight is 187 g/mol. The normalized spacial score (nSPS) is 8.43. The van der Waals surface area contributed by atoms with Crippen LogP contribution >= 0.6 is 7.82 Å². The van der Waals surface area contributed by atoms with Crippen molar-refractivity contribution < 1.29 is 36.6 Å². The Kier molecular flexibility index (Phi) is 13.7. The third-order valence-corrected chi connectivity index (χ3v) is 0. The van der Waals surface area contributed by atoms with Crippen LogP contribution in [0.3, 0.4) is 0 Å². The van der Waals surface area contributed by atoms with Crippen molar-refractivity contribution in [3.05, 3.63) is 0 Å². The zero-order valence-corrected chi connectivity index (χ0v) is 7.57. The number of hydrogen-bond donors (Lipinski definition) is 0. The molecule has 0 atom stereocenters. The molecule has 0 fully saturated rings. The molecule has 7 heteroatoms. The number of rotatable bonds is 0. The first-order valence-electron chi connectivity index (χ1n) is 0.730. The van der Waals surface area contributed by atoms with E-state index in [0.29, 0.717) is 0 Å². The molecule has 0 aromatic heterocycles. The zero-order valence-electron chi connectivity index (χ0n) is 3.20. The van der Waals surface area contributed by atoms with E-state index < -0.39 is 7.82 Å². The van der Waals surface area contributed by atoms with Gasteiger partial charge in [-0.15, -0.1) is 0 Å². The molecule has 0 heterocycles. The molecule has 0 N–H and O–H groups in total. The van der Waals surface area contributed by atoms with Gasteiger partial charge in [-0.05, 0) is 0 Å². The summed E-state index contributed by atoms with van der Waals surface area (Å²) in [7, 11) is -5.39. The molecule has 1 radical (unpaired) electrons. The molecule has 0 unspecified atom stereocenters. The van der Waals surface area contributed by atoms with Gasteiger partial charge in [0, 0.05) is 0 Å². The largest absolute Gasteiger partial charge is 3.00 e. The van der Waals surface area contributed by atoms with Crippen molar-refractivity contribution >= 4 is 45.6 Å². The topological polar surface area (TPSA) is 86.2 Å². The van der Waals surface area contributed by atoms with Crippen molar-refractivity contribution in [3.63, 3.8) is 0 Å². The Morgan fingerprint density at radius 2 is 1.14 bits per heavy atom. The van der Waals surface area contributed by atoms with E-state index >= 15 is 0 Å². The Bertz CT molecular complexity index is 57.8. The summed E-state index contributed by atoms with van der Waals surface area (Å²) in [5.41, 5.74) is 0. The Balaban J connectivity index is -0.0000000800. The first-order chi connectivity index (χ1) is 2.00. The predicted octanol–water partition coefficient (Wildman–Crippen LogP) is -3.21. The molecule has 0 rings (SSSR count). The molecule has 0 aliphatic rings. The SMILES string of the molecule is O=P([O-])([O-])[O-].[Ca+2].[Cr+3]. The average Bonchev–Trinajstić information content (AvgIpc) is 0.722. The maximum absolute atomic E-state index is 8.55. The van der Waals surface area contributed by atoms with Crippen molar-refractivity contribution in [1.82, 2.24) is 0 Å². The van der Waals surface area contributed by atoms with Crippen LogP contribution in [-0.2, 0) is 21.9 Å². The van der Waals surface area contributed by atoms with E-state index in [2.05, 4.69) is 0 Å². The second kappa shape index (κ2) is 6.03. The van der Waals surface area contributed by atoms with Crippen LogP contribution in [0.25, 0.3) is 0 Å². The van der Waals surface area contributed by atoms with Gasteiger partial charge in [0.1, 0.15) is 0 Å². The van der Waals surface area contributed by atoms with Gasteiger partial charge in [-0.3, -0.25) is 0 Å². The van der Waals surface area contributed by atoms with Crippen molar-refractivity contribution in [2.75, 3.05) is 0 Å². The van der Waals surface area contributed by atoms with Crippen molar-refractivity contribution in [1.29, 1.82) is 0 Å². The Morgan fingerprint density at radius 1 is 1.14 bits per heavy atom. The minimum absolute atomic E-state index is 0. The van der Waals surface area contributed by atoms with Crippen LogP contribution < -0.4 is 14.7 Å². The number of hydrogen-bond acceptors (Lipinski definition) is 4. The molecule has 7 heavy (non-hydrogen) atoms. The molecule has 0 aromatic rings. The van der Waals surface area contributed by atoms with Crippen molar-refractivity contribution in [2.45, 2.75) is 0 Å². The maximum atomic E-state index is 8.55. The Morgan fingerprint density at radius 3 is 1.14 bits per heavy atom. The van der Waals surface area contributed by atoms with Gasteiger partial charge in [-0.1, -0.05) is 0 Å². The molecule has 35 valence electrons. The van der Waals surface area contributed by atoms with E-state index in [0.717, 1.165) is 0 Å². The van der Waals surface area contributed by atoms with Crippen LogP contribution in [0.1, 0.15) is 0 Å². The monoisotopic (exact) mass is 187 g/mol. The molecule has 4 nitrogen and oxygen atoms in total. The van der Waals surface area contributed by atoms with Crippen molar-refractivity contribution in [3.8, 4) is 0 Å². The van der Waals surface area contributed by atoms with Gasteiger partial charge in [0.05, 0.1) is 0 Å². The predicted molar refractivity (Wildman–Crippen MR) is 13.4 cm³/mol. The summed E-state index contributed by atoms with van der Waals surface area (Å²) in [4.78, 5) is 25.6. The van der Waals surface area contributed by atoms with Crippen LogP contribution in [0.2, 0.25) is 0 Å². The summed E-state index contributed by atoms with van der Waals surface area (Å²) in [6.45, 7) is 0. The summed E-state index contributed by atoms with van der Waals surface area (Å²) < 4.78 is 8.55. The van der Waals surface area contributed by atoms with Gasteiger partial charge in [0.25, 0.3) is 0 Å². The van der Waals surface area contributed by atoms with Gasteiger partial charge in [-0.25, -0.2) is 0 Å². The molecule has 0 aliphatic carbocycles. The molecular formula is CaCrO4P+2. The van der Waals surface area contributed by atoms with E-state index in [1.165, 1.54) is 0 Å². The Hall–Kier alpha value is 1.90. The molecule has 0 aliphatic heterocycles. The van der Waals surface area contributed by atoms with Gasteiger partial charge >= 0.3 is 55.1 Å². The second-order valence-corrected chi connectivity index (χ2v) is 1.34. The van der Waals surface area contributed by atoms with Crippen LogP contribution in [-0.4, -0.2) is 37.7 Å². The minimum Gasteiger partial charge on any atom is -0.822 e. The quantitative estimate of drug-likeness (QED) is 0.295. The van der Waals surface area contributed by atoms with E-state index in [1.807, 2.05) is 0 Å². The standard InChI is InChI=1S/Ca.Cr.H3O4P/c;;1-5(2,3)4/h;;(H3,1,2,3,4)/q+2;+3;/p-3. The third-order valence-electron chi connectivity index (χ3n) is 0. The molecule has 0 amide bonds. The number of phosphoric acid groups is 1. The van der Waals surface area contributed by atoms with Crippen molar-refractivity contribution in [2.24, 2.45) is 0 Å². The third kappa shape index (κ3) is 76.1. The molecule has 0 aromatic carbocycles. The molecule has 0 saturated carbocycles. The van der Waals surface area contributed by atoms with Crippen LogP contribution in [0.5, 0.6) is 0 Å². The van der Waals surface area contributed by atoms with E-state index in [1.54, 1.807) is 0 Å². The minimum atomic E-state index is -5.39. The fraction of sp³-hybridized carbons (Fsp3) is 0. The van der Waals surface area contributed by atoms with E-state index in [-0.39, 0.29) is 55.1 Å². The van der Waals surface area contributed by atoms with Gasteiger partial charge in [-0.2, -0.15) is 7.82 Å². The van der Waals surface area contributed by atoms with Crippen LogP contribution in [0.4, 0.5) is 0 Å². The first-order valence-corrected chi connectivity index (χ1v) is 2.19. The van der Waals surface area contributed by atoms with E-state index in [4.69, 9.17) is 19.2 Å². The molecule has 0 saturated heterocycles. The fourth-order valence-corrected chi connectivity index (χ4v) is 0. The van der Waals surface area contributed by atoms with Gasteiger partial charge in [0.2, 0.25) is 0 Å². The van der Waals surface area contributed by atoms with Gasteiger partial charge < -0.3 is 19.2 Å². The van der Waals surface area contributed by atoms with Gasteiger partial charge in [0.15, 0.2) is 0 Å². The molecule has 0 spiro atoms. The summed E-state index contributed by atoms with van der Waals surface area (Å²) >= 11 is 0. The Labute approximate surface area is 81.3 Å². The van der Waals surface area contributed by atoms with Crippen LogP contribution in [0.15, 0.2) is 0 Å². The molecular weight excluding hydrogens is 187 g/mol. The first kappa shape index (κ1) is 16.0. The molecule has 0 bridgehead atoms. The second-order valence-electron chi connectivity index (χ2n) is 0.447. The summed E-state index contributed by atoms with van der Waals surface area (Å²) in [5.74, 6) is 0. The van der Waals surface area contributed by atoms with E-state index in [9.17, 15) is 0 Å². The van der Waals surface area contributed by atoms with Crippen LogP contribution in [0, 0.1) is 0 Å². The zero-order chi connectivity index (χ0) is 4.50.